The molecular formula is C16H19N3O3. The maximum Gasteiger partial charge on any atom is 0.317 e. The third-order valence-electron chi connectivity index (χ3n) is 4.13. The van der Waals surface area contributed by atoms with E-state index in [0.717, 1.165) is 22.9 Å². The summed E-state index contributed by atoms with van der Waals surface area (Å²) in [6.07, 6.45) is 3.19. The normalized spacial score (nSPS) is 17.8. The van der Waals surface area contributed by atoms with Gasteiger partial charge in [-0.1, -0.05) is 6.07 Å². The lowest BCUT2D eigenvalue weighted by Crippen LogP contribution is -2.39. The molecule has 0 bridgehead atoms. The van der Waals surface area contributed by atoms with Crippen LogP contribution in [0.4, 0.5) is 4.79 Å². The van der Waals surface area contributed by atoms with Crippen LogP contribution in [0.25, 0.3) is 10.9 Å². The van der Waals surface area contributed by atoms with E-state index in [1.54, 1.807) is 4.90 Å². The SMILES string of the molecule is O=C(O)C1CCN(C(=O)NCCc2ccc3[nH]ccc3c2)C1. The number of carbonyl (C=O) groups excluding carboxylic acids is 1. The summed E-state index contributed by atoms with van der Waals surface area (Å²) in [5.41, 5.74) is 2.27. The van der Waals surface area contributed by atoms with Gasteiger partial charge in [0.15, 0.2) is 0 Å². The van der Waals surface area contributed by atoms with Gasteiger partial charge in [-0.05, 0) is 42.0 Å². The summed E-state index contributed by atoms with van der Waals surface area (Å²) >= 11 is 0. The Balaban J connectivity index is 1.48. The van der Waals surface area contributed by atoms with E-state index in [1.807, 2.05) is 24.4 Å². The highest BCUT2D eigenvalue weighted by Gasteiger charge is 2.30. The number of aliphatic carboxylic acids is 1. The maximum absolute atomic E-state index is 12.0. The summed E-state index contributed by atoms with van der Waals surface area (Å²) in [6, 6.07) is 8.03. The second-order valence-electron chi connectivity index (χ2n) is 5.65. The number of fused-ring (bicyclic) bond motifs is 1. The number of carboxylic acid groups (broad SMARTS) is 1. The number of hydrogen-bond acceptors (Lipinski definition) is 2. The third-order valence-corrected chi connectivity index (χ3v) is 4.13. The molecule has 3 N–H and O–H groups in total. The maximum atomic E-state index is 12.0. The molecule has 6 heteroatoms. The lowest BCUT2D eigenvalue weighted by molar-refractivity contribution is -0.141. The molecule has 1 atom stereocenters. The van der Waals surface area contributed by atoms with Crippen LogP contribution >= 0.6 is 0 Å². The van der Waals surface area contributed by atoms with Crippen molar-refractivity contribution >= 4 is 22.9 Å². The molecule has 0 spiro atoms. The largest absolute Gasteiger partial charge is 0.481 e. The minimum atomic E-state index is -0.824. The molecule has 1 aliphatic heterocycles. The van der Waals surface area contributed by atoms with Gasteiger partial charge in [0, 0.05) is 31.3 Å². The minimum absolute atomic E-state index is 0.175. The lowest BCUT2D eigenvalue weighted by Gasteiger charge is -2.16. The molecule has 1 aromatic heterocycles. The molecule has 1 saturated heterocycles. The average Bonchev–Trinajstić information content (AvgIpc) is 3.16. The van der Waals surface area contributed by atoms with Crippen molar-refractivity contribution in [2.24, 2.45) is 5.92 Å². The van der Waals surface area contributed by atoms with Gasteiger partial charge in [-0.15, -0.1) is 0 Å². The van der Waals surface area contributed by atoms with Crippen molar-refractivity contribution in [2.45, 2.75) is 12.8 Å². The number of carbonyl (C=O) groups is 2. The van der Waals surface area contributed by atoms with Crippen LogP contribution in [0.3, 0.4) is 0 Å². The molecule has 1 aliphatic rings. The average molecular weight is 301 g/mol. The Bertz CT molecular complexity index is 695. The molecule has 1 aromatic carbocycles. The number of amides is 2. The minimum Gasteiger partial charge on any atom is -0.481 e. The van der Waals surface area contributed by atoms with Gasteiger partial charge in [0.25, 0.3) is 0 Å². The van der Waals surface area contributed by atoms with Gasteiger partial charge in [-0.3, -0.25) is 4.79 Å². The fraction of sp³-hybridized carbons (Fsp3) is 0.375. The first-order valence-corrected chi connectivity index (χ1v) is 7.45. The Morgan fingerprint density at radius 3 is 3.00 bits per heavy atom. The molecule has 2 amide bonds. The van der Waals surface area contributed by atoms with E-state index in [0.29, 0.717) is 26.1 Å². The van der Waals surface area contributed by atoms with Crippen LogP contribution in [0.1, 0.15) is 12.0 Å². The van der Waals surface area contributed by atoms with E-state index >= 15 is 0 Å². The fourth-order valence-electron chi connectivity index (χ4n) is 2.83. The van der Waals surface area contributed by atoms with E-state index in [9.17, 15) is 9.59 Å². The molecule has 116 valence electrons. The number of rotatable bonds is 4. The zero-order valence-electron chi connectivity index (χ0n) is 12.2. The van der Waals surface area contributed by atoms with Crippen LogP contribution in [-0.2, 0) is 11.2 Å². The van der Waals surface area contributed by atoms with Crippen LogP contribution in [0.2, 0.25) is 0 Å². The van der Waals surface area contributed by atoms with Crippen LogP contribution < -0.4 is 5.32 Å². The molecule has 6 nitrogen and oxygen atoms in total. The Hall–Kier alpha value is -2.50. The van der Waals surface area contributed by atoms with Crippen molar-refractivity contribution in [1.82, 2.24) is 15.2 Å². The number of hydrogen-bond donors (Lipinski definition) is 3. The Kier molecular flexibility index (Phi) is 4.00. The van der Waals surface area contributed by atoms with Crippen LogP contribution in [0, 0.1) is 5.92 Å². The second kappa shape index (κ2) is 6.09. The first-order chi connectivity index (χ1) is 10.6. The molecule has 1 unspecified atom stereocenters. The number of aromatic amines is 1. The van der Waals surface area contributed by atoms with Gasteiger partial charge >= 0.3 is 12.0 Å². The number of carboxylic acids is 1. The fourth-order valence-corrected chi connectivity index (χ4v) is 2.83. The van der Waals surface area contributed by atoms with Crippen LogP contribution in [0.15, 0.2) is 30.5 Å². The van der Waals surface area contributed by atoms with Gasteiger partial charge in [-0.2, -0.15) is 0 Å². The molecule has 3 rings (SSSR count). The number of nitrogens with zero attached hydrogens (tertiary/aromatic N) is 1. The monoisotopic (exact) mass is 301 g/mol. The van der Waals surface area contributed by atoms with Crippen molar-refractivity contribution < 1.29 is 14.7 Å². The van der Waals surface area contributed by atoms with Gasteiger partial charge in [0.05, 0.1) is 5.92 Å². The summed E-state index contributed by atoms with van der Waals surface area (Å²) < 4.78 is 0. The third kappa shape index (κ3) is 3.05. The summed E-state index contributed by atoms with van der Waals surface area (Å²) in [5, 5.41) is 13.0. The van der Waals surface area contributed by atoms with E-state index in [-0.39, 0.29) is 6.03 Å². The van der Waals surface area contributed by atoms with Crippen molar-refractivity contribution in [3.05, 3.63) is 36.0 Å². The first kappa shape index (κ1) is 14.4. The summed E-state index contributed by atoms with van der Waals surface area (Å²) in [6.45, 7) is 1.36. The molecule has 2 heterocycles. The van der Waals surface area contributed by atoms with Gasteiger partial charge < -0.3 is 20.3 Å². The van der Waals surface area contributed by atoms with Crippen molar-refractivity contribution in [1.29, 1.82) is 0 Å². The van der Waals surface area contributed by atoms with Crippen LogP contribution in [-0.4, -0.2) is 46.6 Å². The van der Waals surface area contributed by atoms with Gasteiger partial charge in [-0.25, -0.2) is 4.79 Å². The predicted molar refractivity (Wildman–Crippen MR) is 82.7 cm³/mol. The standard InChI is InChI=1S/C16H19N3O3/c20-15(21)13-5-8-19(10-13)16(22)18-6-3-11-1-2-14-12(9-11)4-7-17-14/h1-2,4,7,9,13,17H,3,5-6,8,10H2,(H,18,22)(H,20,21). The van der Waals surface area contributed by atoms with E-state index in [1.165, 1.54) is 0 Å². The number of aromatic nitrogens is 1. The Morgan fingerprint density at radius 1 is 1.36 bits per heavy atom. The molecule has 0 saturated carbocycles. The molecule has 1 fully saturated rings. The highest BCUT2D eigenvalue weighted by molar-refractivity contribution is 5.80. The number of likely N-dealkylation sites (tertiary alicyclic amines) is 1. The van der Waals surface area contributed by atoms with Crippen molar-refractivity contribution in [2.75, 3.05) is 19.6 Å². The predicted octanol–water partition coefficient (Wildman–Crippen LogP) is 1.83. The Labute approximate surface area is 128 Å². The summed E-state index contributed by atoms with van der Waals surface area (Å²) in [4.78, 5) is 27.6. The highest BCUT2D eigenvalue weighted by atomic mass is 16.4. The van der Waals surface area contributed by atoms with Crippen LogP contribution in [0.5, 0.6) is 0 Å². The Morgan fingerprint density at radius 2 is 2.23 bits per heavy atom. The van der Waals surface area contributed by atoms with E-state index in [2.05, 4.69) is 16.4 Å². The smallest absolute Gasteiger partial charge is 0.317 e. The first-order valence-electron chi connectivity index (χ1n) is 7.45. The van der Waals surface area contributed by atoms with Gasteiger partial charge in [0.2, 0.25) is 0 Å². The molecular weight excluding hydrogens is 282 g/mol. The number of nitrogens with one attached hydrogen (secondary N) is 2. The number of H-pyrrole nitrogens is 1. The van der Waals surface area contributed by atoms with E-state index in [4.69, 9.17) is 5.11 Å². The molecule has 0 aliphatic carbocycles. The highest BCUT2D eigenvalue weighted by Crippen LogP contribution is 2.16. The number of benzene rings is 1. The summed E-state index contributed by atoms with van der Waals surface area (Å²) in [7, 11) is 0. The molecule has 22 heavy (non-hydrogen) atoms. The number of urea groups is 1. The quantitative estimate of drug-likeness (QED) is 0.805. The zero-order valence-corrected chi connectivity index (χ0v) is 12.2. The van der Waals surface area contributed by atoms with Crippen molar-refractivity contribution in [3.63, 3.8) is 0 Å². The topological polar surface area (TPSA) is 85.4 Å². The van der Waals surface area contributed by atoms with E-state index < -0.39 is 11.9 Å². The van der Waals surface area contributed by atoms with Crippen molar-refractivity contribution in [3.8, 4) is 0 Å². The molecule has 0 radical (unpaired) electrons. The summed E-state index contributed by atoms with van der Waals surface area (Å²) in [5.74, 6) is -1.25. The second-order valence-corrected chi connectivity index (χ2v) is 5.65. The zero-order chi connectivity index (χ0) is 15.5. The van der Waals surface area contributed by atoms with Gasteiger partial charge in [0.1, 0.15) is 0 Å². The molecule has 2 aromatic rings. The lowest BCUT2D eigenvalue weighted by atomic mass is 10.1.